The van der Waals surface area contributed by atoms with Crippen molar-refractivity contribution < 1.29 is 29.4 Å². The Balaban J connectivity index is 1.67. The number of hydrogen-bond donors (Lipinski definition) is 6. The van der Waals surface area contributed by atoms with Crippen LogP contribution in [0, 0.1) is 5.41 Å². The summed E-state index contributed by atoms with van der Waals surface area (Å²) in [5.74, 6) is -2.00. The average molecular weight is 489 g/mol. The summed E-state index contributed by atoms with van der Waals surface area (Å²) in [6.45, 7) is 0.260. The summed E-state index contributed by atoms with van der Waals surface area (Å²) in [5, 5.41) is 27.3. The molecule has 192 valence electrons. The molecule has 1 heterocycles. The molecule has 1 aliphatic carbocycles. The van der Waals surface area contributed by atoms with Crippen LogP contribution in [-0.4, -0.2) is 58.6 Å². The van der Waals surface area contributed by atoms with Crippen molar-refractivity contribution in [3.63, 3.8) is 0 Å². The lowest BCUT2D eigenvalue weighted by atomic mass is 9.81. The molecule has 2 fully saturated rings. The Morgan fingerprint density at radius 3 is 2.37 bits per heavy atom. The first-order valence-corrected chi connectivity index (χ1v) is 12.4. The van der Waals surface area contributed by atoms with E-state index in [1.54, 1.807) is 12.1 Å². The smallest absolute Gasteiger partial charge is 0.326 e. The predicted octanol–water partition coefficient (Wildman–Crippen LogP) is 0.957. The highest BCUT2D eigenvalue weighted by molar-refractivity contribution is 5.90. The van der Waals surface area contributed by atoms with Crippen LogP contribution in [-0.2, 0) is 25.6 Å². The van der Waals surface area contributed by atoms with Crippen molar-refractivity contribution in [3.05, 3.63) is 29.8 Å². The maximum atomic E-state index is 13.0. The second kappa shape index (κ2) is 12.0. The molecule has 10 nitrogen and oxygen atoms in total. The molecule has 1 aromatic carbocycles. The number of amides is 3. The monoisotopic (exact) mass is 488 g/mol. The van der Waals surface area contributed by atoms with Crippen LogP contribution in [0.3, 0.4) is 0 Å². The van der Waals surface area contributed by atoms with Gasteiger partial charge in [-0.25, -0.2) is 4.79 Å². The number of carboxylic acids is 1. The molecule has 3 amide bonds. The number of aliphatic carboxylic acids is 1. The Kier molecular flexibility index (Phi) is 9.08. The van der Waals surface area contributed by atoms with E-state index in [-0.39, 0.29) is 37.0 Å². The summed E-state index contributed by atoms with van der Waals surface area (Å²) in [7, 11) is 0. The number of aromatic hydroxyl groups is 1. The summed E-state index contributed by atoms with van der Waals surface area (Å²) in [6.07, 6.45) is 5.30. The van der Waals surface area contributed by atoms with Crippen LogP contribution >= 0.6 is 0 Å². The standard InChI is InChI=1S/C25H36N4O6/c26-18(15-16-7-9-17(30)10-8-16)21(31)28-19-5-1-2-6-20(23(33)34)29-24(35)25(11-3-4-12-25)13-14-27-22(19)32/h7-10,18-20,30H,1-6,11-15,26H2,(H,27,32)(H,28,31)(H,29,35)(H,33,34)/t18-,19?,20-/m0/s1. The number of benzene rings is 1. The zero-order valence-corrected chi connectivity index (χ0v) is 19.9. The fourth-order valence-electron chi connectivity index (χ4n) is 4.98. The van der Waals surface area contributed by atoms with E-state index in [1.165, 1.54) is 12.1 Å². The number of hydrogen-bond acceptors (Lipinski definition) is 6. The lowest BCUT2D eigenvalue weighted by molar-refractivity contribution is -0.144. The molecule has 0 aromatic heterocycles. The van der Waals surface area contributed by atoms with E-state index in [4.69, 9.17) is 5.73 Å². The van der Waals surface area contributed by atoms with Crippen molar-refractivity contribution in [1.82, 2.24) is 16.0 Å². The molecule has 3 atom stereocenters. The van der Waals surface area contributed by atoms with E-state index < -0.39 is 35.4 Å². The number of phenols is 1. The molecule has 0 radical (unpaired) electrons. The summed E-state index contributed by atoms with van der Waals surface area (Å²) in [6, 6.07) is 3.74. The molecule has 0 bridgehead atoms. The maximum Gasteiger partial charge on any atom is 0.326 e. The first kappa shape index (κ1) is 26.5. The zero-order chi connectivity index (χ0) is 25.4. The largest absolute Gasteiger partial charge is 0.508 e. The van der Waals surface area contributed by atoms with Crippen molar-refractivity contribution in [2.45, 2.75) is 82.3 Å². The van der Waals surface area contributed by atoms with Crippen molar-refractivity contribution in [2.24, 2.45) is 11.1 Å². The number of phenolic OH excluding ortho intramolecular Hbond substituents is 1. The molecule has 2 aliphatic rings. The molecule has 3 rings (SSSR count). The maximum absolute atomic E-state index is 13.0. The molecule has 1 aromatic rings. The molecule has 1 unspecified atom stereocenters. The van der Waals surface area contributed by atoms with Gasteiger partial charge in [0.05, 0.1) is 11.5 Å². The molecule has 1 aliphatic heterocycles. The van der Waals surface area contributed by atoms with Crippen molar-refractivity contribution in [3.8, 4) is 5.75 Å². The Bertz CT molecular complexity index is 913. The molecule has 1 saturated carbocycles. The van der Waals surface area contributed by atoms with Crippen LogP contribution in [0.15, 0.2) is 24.3 Å². The highest BCUT2D eigenvalue weighted by atomic mass is 16.4. The summed E-state index contributed by atoms with van der Waals surface area (Å²) in [4.78, 5) is 50.4. The van der Waals surface area contributed by atoms with Crippen LogP contribution in [0.25, 0.3) is 0 Å². The average Bonchev–Trinajstić information content (AvgIpc) is 3.30. The van der Waals surface area contributed by atoms with E-state index in [0.29, 0.717) is 38.5 Å². The van der Waals surface area contributed by atoms with Crippen LogP contribution in [0.4, 0.5) is 0 Å². The van der Waals surface area contributed by atoms with Gasteiger partial charge in [-0.1, -0.05) is 37.8 Å². The summed E-state index contributed by atoms with van der Waals surface area (Å²) in [5.41, 5.74) is 6.17. The van der Waals surface area contributed by atoms with Crippen LogP contribution < -0.4 is 21.7 Å². The van der Waals surface area contributed by atoms with Gasteiger partial charge in [-0.2, -0.15) is 0 Å². The number of carbonyl (C=O) groups is 4. The van der Waals surface area contributed by atoms with Crippen LogP contribution in [0.2, 0.25) is 0 Å². The van der Waals surface area contributed by atoms with Gasteiger partial charge in [0.1, 0.15) is 17.8 Å². The lowest BCUT2D eigenvalue weighted by Gasteiger charge is -2.29. The van der Waals surface area contributed by atoms with E-state index >= 15 is 0 Å². The third kappa shape index (κ3) is 7.17. The van der Waals surface area contributed by atoms with E-state index in [9.17, 15) is 29.4 Å². The van der Waals surface area contributed by atoms with Gasteiger partial charge in [0, 0.05) is 6.54 Å². The molecular formula is C25H36N4O6. The number of nitrogens with two attached hydrogens (primary N) is 1. The van der Waals surface area contributed by atoms with Gasteiger partial charge >= 0.3 is 5.97 Å². The van der Waals surface area contributed by atoms with E-state index in [2.05, 4.69) is 16.0 Å². The van der Waals surface area contributed by atoms with Gasteiger partial charge in [-0.15, -0.1) is 0 Å². The van der Waals surface area contributed by atoms with E-state index in [1.807, 2.05) is 0 Å². The number of rotatable bonds is 5. The topological polar surface area (TPSA) is 171 Å². The summed E-state index contributed by atoms with van der Waals surface area (Å²) < 4.78 is 0. The minimum atomic E-state index is -1.07. The highest BCUT2D eigenvalue weighted by Gasteiger charge is 2.42. The Morgan fingerprint density at radius 1 is 1.06 bits per heavy atom. The zero-order valence-electron chi connectivity index (χ0n) is 19.9. The minimum absolute atomic E-state index is 0.119. The van der Waals surface area contributed by atoms with Gasteiger partial charge in [0.15, 0.2) is 0 Å². The fraction of sp³-hybridized carbons (Fsp3) is 0.600. The van der Waals surface area contributed by atoms with Crippen LogP contribution in [0.5, 0.6) is 5.75 Å². The minimum Gasteiger partial charge on any atom is -0.508 e. The third-order valence-corrected chi connectivity index (χ3v) is 7.15. The summed E-state index contributed by atoms with van der Waals surface area (Å²) >= 11 is 0. The molecular weight excluding hydrogens is 452 g/mol. The van der Waals surface area contributed by atoms with Gasteiger partial charge < -0.3 is 31.9 Å². The third-order valence-electron chi connectivity index (χ3n) is 7.15. The normalized spacial score (nSPS) is 24.3. The molecule has 10 heteroatoms. The fourth-order valence-corrected chi connectivity index (χ4v) is 4.98. The van der Waals surface area contributed by atoms with Crippen molar-refractivity contribution in [1.29, 1.82) is 0 Å². The number of nitrogens with one attached hydrogen (secondary N) is 3. The van der Waals surface area contributed by atoms with Crippen molar-refractivity contribution >= 4 is 23.7 Å². The first-order chi connectivity index (χ1) is 16.7. The van der Waals surface area contributed by atoms with Gasteiger partial charge in [0.2, 0.25) is 17.7 Å². The van der Waals surface area contributed by atoms with Gasteiger partial charge in [-0.05, 0) is 56.2 Å². The second-order valence-corrected chi connectivity index (χ2v) is 9.72. The highest BCUT2D eigenvalue weighted by Crippen LogP contribution is 2.41. The van der Waals surface area contributed by atoms with Gasteiger partial charge in [-0.3, -0.25) is 14.4 Å². The Morgan fingerprint density at radius 2 is 1.71 bits per heavy atom. The molecule has 1 spiro atoms. The quantitative estimate of drug-likeness (QED) is 0.358. The number of carboxylic acid groups (broad SMARTS) is 1. The second-order valence-electron chi connectivity index (χ2n) is 9.72. The number of carbonyl (C=O) groups excluding carboxylic acids is 3. The first-order valence-electron chi connectivity index (χ1n) is 12.4. The van der Waals surface area contributed by atoms with Crippen LogP contribution in [0.1, 0.15) is 63.4 Å². The molecule has 7 N–H and O–H groups in total. The van der Waals surface area contributed by atoms with Gasteiger partial charge in [0.25, 0.3) is 0 Å². The van der Waals surface area contributed by atoms with E-state index in [0.717, 1.165) is 18.4 Å². The predicted molar refractivity (Wildman–Crippen MR) is 128 cm³/mol. The van der Waals surface area contributed by atoms with Crippen molar-refractivity contribution in [2.75, 3.05) is 6.54 Å². The Labute approximate surface area is 205 Å². The molecule has 35 heavy (non-hydrogen) atoms. The lowest BCUT2D eigenvalue weighted by Crippen LogP contribution is -2.52. The Hall–Kier alpha value is -3.14. The molecule has 1 saturated heterocycles. The SMILES string of the molecule is N[C@@H](Cc1ccc(O)cc1)C(=O)NC1CCCC[C@@H](C(=O)O)NC(=O)C2(CCCC2)CCNC1=O.